The lowest BCUT2D eigenvalue weighted by Gasteiger charge is -2.14. The van der Waals surface area contributed by atoms with Crippen LogP contribution in [0.3, 0.4) is 0 Å². The molecule has 0 saturated carbocycles. The fourth-order valence-electron chi connectivity index (χ4n) is 2.58. The van der Waals surface area contributed by atoms with Crippen molar-refractivity contribution in [1.29, 1.82) is 0 Å². The SMILES string of the molecule is C=C(c1c[nH]c(=C(\F)CC)/c1=C\CC)C(C)c1cccnc1. The average molecular weight is 298 g/mol. The number of nitrogens with zero attached hydrogens (tertiary/aromatic N) is 1. The molecule has 0 spiro atoms. The first-order chi connectivity index (χ1) is 10.6. The van der Waals surface area contributed by atoms with Crippen LogP contribution in [0.2, 0.25) is 0 Å². The molecule has 0 fully saturated rings. The molecule has 2 aromatic rings. The number of hydrogen-bond donors (Lipinski definition) is 1. The molecule has 2 heterocycles. The quantitative estimate of drug-likeness (QED) is 0.891. The minimum absolute atomic E-state index is 0.118. The van der Waals surface area contributed by atoms with Crippen molar-refractivity contribution < 1.29 is 4.39 Å². The van der Waals surface area contributed by atoms with Gasteiger partial charge in [0.15, 0.2) is 0 Å². The number of allylic oxidation sites excluding steroid dienone is 1. The second kappa shape index (κ2) is 7.21. The highest BCUT2D eigenvalue weighted by Gasteiger charge is 2.14. The molecule has 22 heavy (non-hydrogen) atoms. The minimum atomic E-state index is -0.118. The van der Waals surface area contributed by atoms with E-state index < -0.39 is 0 Å². The maximum atomic E-state index is 14.1. The van der Waals surface area contributed by atoms with Gasteiger partial charge >= 0.3 is 0 Å². The molecule has 0 aliphatic carbocycles. The van der Waals surface area contributed by atoms with E-state index in [1.807, 2.05) is 31.5 Å². The molecule has 116 valence electrons. The summed E-state index contributed by atoms with van der Waals surface area (Å²) < 4.78 is 14.1. The number of aromatic nitrogens is 2. The molecule has 2 nitrogen and oxygen atoms in total. The van der Waals surface area contributed by atoms with Gasteiger partial charge in [-0.15, -0.1) is 0 Å². The Labute approximate surface area is 131 Å². The zero-order valence-corrected chi connectivity index (χ0v) is 13.5. The number of hydrogen-bond acceptors (Lipinski definition) is 1. The fraction of sp³-hybridized carbons (Fsp3) is 0.316. The second-order valence-corrected chi connectivity index (χ2v) is 5.40. The molecular formula is C19H23FN2. The minimum Gasteiger partial charge on any atom is -0.358 e. The zero-order valence-electron chi connectivity index (χ0n) is 13.5. The molecule has 3 heteroatoms. The van der Waals surface area contributed by atoms with Gasteiger partial charge in [0, 0.05) is 35.3 Å². The summed E-state index contributed by atoms with van der Waals surface area (Å²) in [5, 5.41) is 1.50. The summed E-state index contributed by atoms with van der Waals surface area (Å²) >= 11 is 0. The molecule has 0 aliphatic rings. The highest BCUT2D eigenvalue weighted by Crippen LogP contribution is 2.27. The zero-order chi connectivity index (χ0) is 16.1. The summed E-state index contributed by atoms with van der Waals surface area (Å²) in [5.41, 5.74) is 3.06. The van der Waals surface area contributed by atoms with Crippen molar-refractivity contribution in [2.24, 2.45) is 0 Å². The molecule has 0 aromatic carbocycles. The van der Waals surface area contributed by atoms with Crippen LogP contribution in [0.25, 0.3) is 17.5 Å². The first kappa shape index (κ1) is 16.2. The van der Waals surface area contributed by atoms with Crippen LogP contribution in [0.4, 0.5) is 4.39 Å². The van der Waals surface area contributed by atoms with Gasteiger partial charge in [-0.3, -0.25) is 4.98 Å². The Kier molecular flexibility index (Phi) is 5.31. The fourth-order valence-corrected chi connectivity index (χ4v) is 2.58. The van der Waals surface area contributed by atoms with Crippen molar-refractivity contribution in [1.82, 2.24) is 9.97 Å². The molecule has 0 saturated heterocycles. The summed E-state index contributed by atoms with van der Waals surface area (Å²) in [6.45, 7) is 10.2. The summed E-state index contributed by atoms with van der Waals surface area (Å²) in [5.74, 6) is 0.0128. The maximum Gasteiger partial charge on any atom is 0.124 e. The highest BCUT2D eigenvalue weighted by molar-refractivity contribution is 5.70. The predicted molar refractivity (Wildman–Crippen MR) is 91.3 cm³/mol. The predicted octanol–water partition coefficient (Wildman–Crippen LogP) is 3.90. The van der Waals surface area contributed by atoms with E-state index >= 15 is 0 Å². The van der Waals surface area contributed by atoms with E-state index in [2.05, 4.69) is 36.5 Å². The normalized spacial score (nSPS) is 14.8. The van der Waals surface area contributed by atoms with Crippen LogP contribution in [0, 0.1) is 0 Å². The van der Waals surface area contributed by atoms with Crippen LogP contribution in [-0.4, -0.2) is 9.97 Å². The smallest absolute Gasteiger partial charge is 0.124 e. The van der Waals surface area contributed by atoms with Gasteiger partial charge in [-0.05, 0) is 30.0 Å². The van der Waals surface area contributed by atoms with Gasteiger partial charge in [-0.2, -0.15) is 0 Å². The topological polar surface area (TPSA) is 28.7 Å². The van der Waals surface area contributed by atoms with E-state index in [0.29, 0.717) is 11.8 Å². The molecule has 1 unspecified atom stereocenters. The van der Waals surface area contributed by atoms with E-state index in [-0.39, 0.29) is 11.7 Å². The molecule has 0 radical (unpaired) electrons. The van der Waals surface area contributed by atoms with Crippen molar-refractivity contribution in [3.8, 4) is 0 Å². The van der Waals surface area contributed by atoms with E-state index in [1.165, 1.54) is 0 Å². The standard InChI is InChI=1S/C19H23FN2/c1-5-8-16-17(12-22-19(16)18(20)6-2)14(4)13(3)15-9-7-10-21-11-15/h7-13,22H,4-6H2,1-3H3/b16-8-,19-18-. The third-order valence-electron chi connectivity index (χ3n) is 3.96. The molecule has 1 N–H and O–H groups in total. The summed E-state index contributed by atoms with van der Waals surface area (Å²) in [7, 11) is 0. The Balaban J connectivity index is 2.52. The van der Waals surface area contributed by atoms with Crippen LogP contribution in [0.15, 0.2) is 37.3 Å². The van der Waals surface area contributed by atoms with Crippen LogP contribution in [-0.2, 0) is 0 Å². The Hall–Kier alpha value is -2.16. The number of rotatable bonds is 5. The Bertz CT molecular complexity index is 756. The molecule has 1 atom stereocenters. The van der Waals surface area contributed by atoms with Crippen molar-refractivity contribution >= 4 is 17.5 Å². The number of H-pyrrole nitrogens is 1. The van der Waals surface area contributed by atoms with Gasteiger partial charge in [0.2, 0.25) is 0 Å². The third-order valence-corrected chi connectivity index (χ3v) is 3.96. The lowest BCUT2D eigenvalue weighted by atomic mass is 9.90. The number of pyridine rings is 1. The highest BCUT2D eigenvalue weighted by atomic mass is 19.1. The summed E-state index contributed by atoms with van der Waals surface area (Å²) in [6.07, 6.45) is 8.76. The number of nitrogens with one attached hydrogen (secondary N) is 1. The Morgan fingerprint density at radius 1 is 1.45 bits per heavy atom. The molecule has 2 aromatic heterocycles. The van der Waals surface area contributed by atoms with Gasteiger partial charge < -0.3 is 4.98 Å². The van der Waals surface area contributed by atoms with E-state index in [4.69, 9.17) is 0 Å². The van der Waals surface area contributed by atoms with Gasteiger partial charge in [0.05, 0.1) is 5.35 Å². The molecule has 0 bridgehead atoms. The molecule has 0 amide bonds. The molecular weight excluding hydrogens is 275 g/mol. The Morgan fingerprint density at radius 2 is 2.23 bits per heavy atom. The largest absolute Gasteiger partial charge is 0.358 e. The summed E-state index contributed by atoms with van der Waals surface area (Å²) in [6, 6.07) is 3.96. The van der Waals surface area contributed by atoms with E-state index in [1.54, 1.807) is 6.20 Å². The third kappa shape index (κ3) is 3.19. The van der Waals surface area contributed by atoms with Crippen molar-refractivity contribution in [2.45, 2.75) is 39.5 Å². The van der Waals surface area contributed by atoms with Gasteiger partial charge in [-0.1, -0.05) is 39.5 Å². The second-order valence-electron chi connectivity index (χ2n) is 5.40. The summed E-state index contributed by atoms with van der Waals surface area (Å²) in [4.78, 5) is 7.24. The van der Waals surface area contributed by atoms with Crippen molar-refractivity contribution in [3.63, 3.8) is 0 Å². The van der Waals surface area contributed by atoms with Crippen LogP contribution < -0.4 is 10.6 Å². The lowest BCUT2D eigenvalue weighted by Crippen LogP contribution is -2.27. The average Bonchev–Trinajstić information content (AvgIpc) is 2.97. The lowest BCUT2D eigenvalue weighted by molar-refractivity contribution is 0.705. The van der Waals surface area contributed by atoms with Crippen LogP contribution in [0.5, 0.6) is 0 Å². The van der Waals surface area contributed by atoms with E-state index in [9.17, 15) is 4.39 Å². The van der Waals surface area contributed by atoms with Crippen molar-refractivity contribution in [2.75, 3.05) is 0 Å². The first-order valence-corrected chi connectivity index (χ1v) is 7.75. The van der Waals surface area contributed by atoms with Crippen LogP contribution in [0.1, 0.15) is 50.7 Å². The van der Waals surface area contributed by atoms with Gasteiger partial charge in [0.25, 0.3) is 0 Å². The van der Waals surface area contributed by atoms with Crippen LogP contribution >= 0.6 is 0 Å². The maximum absolute atomic E-state index is 14.1. The number of aromatic amines is 1. The van der Waals surface area contributed by atoms with Gasteiger partial charge in [-0.25, -0.2) is 4.39 Å². The molecule has 0 aliphatic heterocycles. The first-order valence-electron chi connectivity index (χ1n) is 7.75. The number of halogens is 1. The van der Waals surface area contributed by atoms with Gasteiger partial charge in [0.1, 0.15) is 5.83 Å². The monoisotopic (exact) mass is 298 g/mol. The molecule has 2 rings (SSSR count). The van der Waals surface area contributed by atoms with E-state index in [0.717, 1.165) is 28.3 Å². The van der Waals surface area contributed by atoms with Crippen molar-refractivity contribution in [3.05, 3.63) is 59.0 Å². The Morgan fingerprint density at radius 3 is 2.82 bits per heavy atom.